The van der Waals surface area contributed by atoms with Gasteiger partial charge in [0.2, 0.25) is 5.82 Å². The van der Waals surface area contributed by atoms with E-state index in [0.29, 0.717) is 18.9 Å². The Hall–Kier alpha value is -2.41. The van der Waals surface area contributed by atoms with E-state index < -0.39 is 6.10 Å². The van der Waals surface area contributed by atoms with E-state index in [-0.39, 0.29) is 11.8 Å². The molecule has 1 aliphatic rings. The Labute approximate surface area is 140 Å². The number of aryl methyl sites for hydroxylation is 1. The van der Waals surface area contributed by atoms with Crippen molar-refractivity contribution in [1.82, 2.24) is 19.7 Å². The SMILES string of the molecule is COc1ccc(C(O)C2CCN(C(=O)c3ncnn3C)CC2)cc1. The molecule has 1 unspecified atom stereocenters. The highest BCUT2D eigenvalue weighted by molar-refractivity contribution is 5.90. The van der Waals surface area contributed by atoms with Crippen LogP contribution in [0.3, 0.4) is 0 Å². The maximum atomic E-state index is 12.4. The van der Waals surface area contributed by atoms with Gasteiger partial charge in [0.1, 0.15) is 12.1 Å². The Morgan fingerprint density at radius 3 is 2.50 bits per heavy atom. The third-order valence-corrected chi connectivity index (χ3v) is 4.63. The molecule has 128 valence electrons. The molecule has 1 N–H and O–H groups in total. The fourth-order valence-electron chi connectivity index (χ4n) is 3.12. The smallest absolute Gasteiger partial charge is 0.291 e. The summed E-state index contributed by atoms with van der Waals surface area (Å²) in [5.41, 5.74) is 0.883. The van der Waals surface area contributed by atoms with Gasteiger partial charge in [-0.3, -0.25) is 4.79 Å². The summed E-state index contributed by atoms with van der Waals surface area (Å²) in [6.45, 7) is 1.23. The second kappa shape index (κ2) is 7.00. The molecule has 7 heteroatoms. The molecule has 2 aromatic rings. The van der Waals surface area contributed by atoms with Gasteiger partial charge in [-0.25, -0.2) is 9.67 Å². The first-order chi connectivity index (χ1) is 11.6. The Morgan fingerprint density at radius 1 is 1.29 bits per heavy atom. The van der Waals surface area contributed by atoms with Crippen molar-refractivity contribution in [1.29, 1.82) is 0 Å². The Balaban J connectivity index is 1.60. The number of likely N-dealkylation sites (tertiary alicyclic amines) is 1. The van der Waals surface area contributed by atoms with Crippen LogP contribution in [0.4, 0.5) is 0 Å². The highest BCUT2D eigenvalue weighted by atomic mass is 16.5. The lowest BCUT2D eigenvalue weighted by atomic mass is 9.87. The zero-order valence-corrected chi connectivity index (χ0v) is 13.9. The number of ether oxygens (including phenoxy) is 1. The number of carbonyl (C=O) groups excluding carboxylic acids is 1. The first-order valence-electron chi connectivity index (χ1n) is 8.05. The van der Waals surface area contributed by atoms with Gasteiger partial charge in [0.15, 0.2) is 0 Å². The topological polar surface area (TPSA) is 80.5 Å². The fourth-order valence-corrected chi connectivity index (χ4v) is 3.12. The lowest BCUT2D eigenvalue weighted by Gasteiger charge is -2.34. The van der Waals surface area contributed by atoms with E-state index in [2.05, 4.69) is 10.1 Å². The molecule has 24 heavy (non-hydrogen) atoms. The molecule has 1 saturated heterocycles. The van der Waals surface area contributed by atoms with Gasteiger partial charge in [0.05, 0.1) is 13.2 Å². The number of hydrogen-bond acceptors (Lipinski definition) is 5. The summed E-state index contributed by atoms with van der Waals surface area (Å²) in [5, 5.41) is 14.5. The summed E-state index contributed by atoms with van der Waals surface area (Å²) >= 11 is 0. The van der Waals surface area contributed by atoms with Crippen LogP contribution in [-0.2, 0) is 7.05 Å². The summed E-state index contributed by atoms with van der Waals surface area (Å²) in [6.07, 6.45) is 2.38. The van der Waals surface area contributed by atoms with Crippen LogP contribution in [0.1, 0.15) is 35.1 Å². The zero-order valence-electron chi connectivity index (χ0n) is 13.9. The van der Waals surface area contributed by atoms with Crippen LogP contribution in [0.25, 0.3) is 0 Å². The number of aliphatic hydroxyl groups is 1. The van der Waals surface area contributed by atoms with Crippen LogP contribution in [0.5, 0.6) is 5.75 Å². The van der Waals surface area contributed by atoms with E-state index in [0.717, 1.165) is 24.2 Å². The minimum Gasteiger partial charge on any atom is -0.497 e. The van der Waals surface area contributed by atoms with Crippen molar-refractivity contribution in [2.75, 3.05) is 20.2 Å². The molecule has 2 heterocycles. The molecular formula is C17H22N4O3. The van der Waals surface area contributed by atoms with Crippen LogP contribution in [0, 0.1) is 5.92 Å². The third kappa shape index (κ3) is 3.26. The number of piperidine rings is 1. The first kappa shape index (κ1) is 16.4. The molecule has 1 amide bonds. The molecule has 0 saturated carbocycles. The quantitative estimate of drug-likeness (QED) is 0.917. The molecule has 0 radical (unpaired) electrons. The molecule has 1 aromatic heterocycles. The van der Waals surface area contributed by atoms with Crippen LogP contribution in [-0.4, -0.2) is 50.9 Å². The standard InChI is InChI=1S/C17H22N4O3/c1-20-16(18-11-19-20)17(23)21-9-7-13(8-10-21)15(22)12-3-5-14(24-2)6-4-12/h3-6,11,13,15,22H,7-10H2,1-2H3. The second-order valence-corrected chi connectivity index (χ2v) is 6.05. The van der Waals surface area contributed by atoms with Crippen LogP contribution in [0.2, 0.25) is 0 Å². The predicted molar refractivity (Wildman–Crippen MR) is 87.6 cm³/mol. The minimum atomic E-state index is -0.525. The maximum absolute atomic E-state index is 12.4. The van der Waals surface area contributed by atoms with Crippen molar-refractivity contribution in [3.05, 3.63) is 42.0 Å². The summed E-state index contributed by atoms with van der Waals surface area (Å²) in [4.78, 5) is 18.2. The predicted octanol–water partition coefficient (Wildman–Crippen LogP) is 1.41. The number of hydrogen-bond donors (Lipinski definition) is 1. The number of amides is 1. The van der Waals surface area contributed by atoms with Crippen molar-refractivity contribution in [3.8, 4) is 5.75 Å². The van der Waals surface area contributed by atoms with Gasteiger partial charge in [0.25, 0.3) is 5.91 Å². The number of rotatable bonds is 4. The Kier molecular flexibility index (Phi) is 4.80. The van der Waals surface area contributed by atoms with Gasteiger partial charge in [-0.1, -0.05) is 12.1 Å². The van der Waals surface area contributed by atoms with Gasteiger partial charge in [-0.15, -0.1) is 0 Å². The number of benzene rings is 1. The van der Waals surface area contributed by atoms with Gasteiger partial charge in [0, 0.05) is 20.1 Å². The molecule has 3 rings (SSSR count). The number of aromatic nitrogens is 3. The van der Waals surface area contributed by atoms with Crippen molar-refractivity contribution < 1.29 is 14.6 Å². The molecule has 0 aliphatic carbocycles. The first-order valence-corrected chi connectivity index (χ1v) is 8.05. The third-order valence-electron chi connectivity index (χ3n) is 4.63. The highest BCUT2D eigenvalue weighted by Crippen LogP contribution is 2.31. The summed E-state index contributed by atoms with van der Waals surface area (Å²) in [5.74, 6) is 1.16. The lowest BCUT2D eigenvalue weighted by molar-refractivity contribution is 0.0451. The van der Waals surface area contributed by atoms with E-state index in [4.69, 9.17) is 4.74 Å². The number of nitrogens with zero attached hydrogens (tertiary/aromatic N) is 4. The maximum Gasteiger partial charge on any atom is 0.291 e. The van der Waals surface area contributed by atoms with Crippen molar-refractivity contribution >= 4 is 5.91 Å². The Bertz CT molecular complexity index is 690. The number of carbonyl (C=O) groups is 1. The van der Waals surface area contributed by atoms with Crippen LogP contribution in [0.15, 0.2) is 30.6 Å². The Morgan fingerprint density at radius 2 is 1.96 bits per heavy atom. The van der Waals surface area contributed by atoms with Gasteiger partial charge in [-0.2, -0.15) is 5.10 Å². The highest BCUT2D eigenvalue weighted by Gasteiger charge is 2.30. The van der Waals surface area contributed by atoms with Gasteiger partial charge >= 0.3 is 0 Å². The van der Waals surface area contributed by atoms with E-state index >= 15 is 0 Å². The van der Waals surface area contributed by atoms with Crippen molar-refractivity contribution in [2.45, 2.75) is 18.9 Å². The van der Waals surface area contributed by atoms with E-state index in [1.807, 2.05) is 24.3 Å². The average Bonchev–Trinajstić information content (AvgIpc) is 3.06. The average molecular weight is 330 g/mol. The molecule has 7 nitrogen and oxygen atoms in total. The monoisotopic (exact) mass is 330 g/mol. The second-order valence-electron chi connectivity index (χ2n) is 6.05. The van der Waals surface area contributed by atoms with E-state index in [1.165, 1.54) is 11.0 Å². The van der Waals surface area contributed by atoms with E-state index in [1.54, 1.807) is 19.1 Å². The van der Waals surface area contributed by atoms with Crippen molar-refractivity contribution in [2.24, 2.45) is 13.0 Å². The molecule has 0 spiro atoms. The molecule has 0 bridgehead atoms. The van der Waals surface area contributed by atoms with Gasteiger partial charge < -0.3 is 14.7 Å². The molecule has 1 aliphatic heterocycles. The molecule has 1 atom stereocenters. The molecule has 1 aromatic carbocycles. The number of aliphatic hydroxyl groups excluding tert-OH is 1. The molecule has 1 fully saturated rings. The summed E-state index contributed by atoms with van der Waals surface area (Å²) < 4.78 is 6.63. The van der Waals surface area contributed by atoms with Gasteiger partial charge in [-0.05, 0) is 36.5 Å². The fraction of sp³-hybridized carbons (Fsp3) is 0.471. The van der Waals surface area contributed by atoms with Crippen molar-refractivity contribution in [3.63, 3.8) is 0 Å². The summed E-state index contributed by atoms with van der Waals surface area (Å²) in [6, 6.07) is 7.48. The normalized spacial score (nSPS) is 16.9. The zero-order chi connectivity index (χ0) is 17.1. The van der Waals surface area contributed by atoms with Crippen LogP contribution < -0.4 is 4.74 Å². The largest absolute Gasteiger partial charge is 0.497 e. The lowest BCUT2D eigenvalue weighted by Crippen LogP contribution is -2.40. The number of methoxy groups -OCH3 is 1. The minimum absolute atomic E-state index is 0.104. The summed E-state index contributed by atoms with van der Waals surface area (Å²) in [7, 11) is 3.33. The molecular weight excluding hydrogens is 308 g/mol. The van der Waals surface area contributed by atoms with E-state index in [9.17, 15) is 9.90 Å². The van der Waals surface area contributed by atoms with Crippen LogP contribution >= 0.6 is 0 Å².